The predicted octanol–water partition coefficient (Wildman–Crippen LogP) is 4.56. The third-order valence-corrected chi connectivity index (χ3v) is 10.9. The molecule has 3 heteroatoms. The van der Waals surface area contributed by atoms with Gasteiger partial charge in [-0.05, 0) is 86.4 Å². The first-order valence-electron chi connectivity index (χ1n) is 11.8. The predicted molar refractivity (Wildman–Crippen MR) is 104 cm³/mol. The molecule has 1 spiro atoms. The molecule has 6 rings (SSSR count). The first kappa shape index (κ1) is 17.7. The van der Waals surface area contributed by atoms with Crippen LogP contribution in [0.4, 0.5) is 0 Å². The van der Waals surface area contributed by atoms with Gasteiger partial charge in [0.15, 0.2) is 0 Å². The maximum Gasteiger partial charge on any atom is 0.103 e. The Bertz CT molecular complexity index is 631. The van der Waals surface area contributed by atoms with Gasteiger partial charge in [0.1, 0.15) is 5.60 Å². The molecule has 27 heavy (non-hydrogen) atoms. The molecule has 0 aromatic carbocycles. The lowest BCUT2D eigenvalue weighted by atomic mass is 9.44. The molecule has 1 N–H and O–H groups in total. The van der Waals surface area contributed by atoms with Crippen LogP contribution in [-0.2, 0) is 9.47 Å². The van der Waals surface area contributed by atoms with Gasteiger partial charge < -0.3 is 14.6 Å². The monoisotopic (exact) mass is 374 g/mol. The van der Waals surface area contributed by atoms with Crippen molar-refractivity contribution >= 4 is 0 Å². The van der Waals surface area contributed by atoms with Gasteiger partial charge in [-0.1, -0.05) is 20.8 Å². The minimum atomic E-state index is -0.130. The highest BCUT2D eigenvalue weighted by Crippen LogP contribution is 2.74. The Hall–Kier alpha value is -0.120. The zero-order valence-electron chi connectivity index (χ0n) is 17.5. The van der Waals surface area contributed by atoms with Crippen LogP contribution in [0.15, 0.2) is 0 Å². The van der Waals surface area contributed by atoms with Gasteiger partial charge in [-0.3, -0.25) is 0 Å². The summed E-state index contributed by atoms with van der Waals surface area (Å²) in [6, 6.07) is 0. The lowest BCUT2D eigenvalue weighted by Crippen LogP contribution is -2.58. The third-order valence-electron chi connectivity index (χ3n) is 10.9. The summed E-state index contributed by atoms with van der Waals surface area (Å²) in [7, 11) is 0. The van der Waals surface area contributed by atoms with E-state index in [1.807, 2.05) is 0 Å². The molecule has 0 aromatic rings. The van der Waals surface area contributed by atoms with E-state index >= 15 is 0 Å². The van der Waals surface area contributed by atoms with Gasteiger partial charge in [0.05, 0.1) is 24.9 Å². The highest BCUT2D eigenvalue weighted by Gasteiger charge is 2.76. The summed E-state index contributed by atoms with van der Waals surface area (Å²) in [4.78, 5) is 0. The van der Waals surface area contributed by atoms with Gasteiger partial charge in [-0.25, -0.2) is 0 Å². The van der Waals surface area contributed by atoms with E-state index in [1.54, 1.807) is 0 Å². The summed E-state index contributed by atoms with van der Waals surface area (Å²) < 4.78 is 12.0. The van der Waals surface area contributed by atoms with Crippen molar-refractivity contribution in [1.29, 1.82) is 0 Å². The van der Waals surface area contributed by atoms with Gasteiger partial charge in [-0.2, -0.15) is 0 Å². The number of fused-ring (bicyclic) bond motifs is 4. The first-order valence-corrected chi connectivity index (χ1v) is 11.8. The smallest absolute Gasteiger partial charge is 0.103 e. The second-order valence-electron chi connectivity index (χ2n) is 11.8. The van der Waals surface area contributed by atoms with Crippen LogP contribution >= 0.6 is 0 Å². The van der Waals surface area contributed by atoms with Crippen LogP contribution in [0.5, 0.6) is 0 Å². The highest BCUT2D eigenvalue weighted by molar-refractivity contribution is 5.24. The Morgan fingerprint density at radius 3 is 2.67 bits per heavy atom. The van der Waals surface area contributed by atoms with E-state index < -0.39 is 0 Å². The Kier molecular flexibility index (Phi) is 3.62. The molecule has 0 bridgehead atoms. The Morgan fingerprint density at radius 1 is 1.07 bits per heavy atom. The van der Waals surface area contributed by atoms with Crippen LogP contribution in [0, 0.1) is 40.4 Å². The van der Waals surface area contributed by atoms with Crippen molar-refractivity contribution in [2.75, 3.05) is 6.61 Å². The van der Waals surface area contributed by atoms with Crippen molar-refractivity contribution in [3.63, 3.8) is 0 Å². The van der Waals surface area contributed by atoms with E-state index in [1.165, 1.54) is 44.9 Å². The van der Waals surface area contributed by atoms with Crippen LogP contribution in [0.25, 0.3) is 0 Å². The quantitative estimate of drug-likeness (QED) is 0.737. The second kappa shape index (κ2) is 5.52. The van der Waals surface area contributed by atoms with Gasteiger partial charge >= 0.3 is 0 Å². The lowest BCUT2D eigenvalue weighted by molar-refractivity contribution is -0.116. The van der Waals surface area contributed by atoms with E-state index in [0.29, 0.717) is 23.0 Å². The lowest BCUT2D eigenvalue weighted by Gasteiger charge is -2.59. The fourth-order valence-electron chi connectivity index (χ4n) is 9.42. The molecule has 4 saturated carbocycles. The molecule has 11 atom stereocenters. The Labute approximate surface area is 164 Å². The molecule has 3 nitrogen and oxygen atoms in total. The number of hydrogen-bond acceptors (Lipinski definition) is 3. The molecule has 6 fully saturated rings. The third kappa shape index (κ3) is 2.26. The van der Waals surface area contributed by atoms with E-state index in [2.05, 4.69) is 20.8 Å². The number of epoxide rings is 2. The topological polar surface area (TPSA) is 45.3 Å². The maximum atomic E-state index is 10.3. The van der Waals surface area contributed by atoms with Crippen molar-refractivity contribution in [3.8, 4) is 0 Å². The number of aliphatic hydroxyl groups excluding tert-OH is 1. The molecule has 0 amide bonds. The molecule has 6 aliphatic rings. The number of rotatable bonds is 3. The molecule has 0 radical (unpaired) electrons. The van der Waals surface area contributed by atoms with E-state index in [4.69, 9.17) is 9.47 Å². The summed E-state index contributed by atoms with van der Waals surface area (Å²) in [5.74, 6) is 4.28. The van der Waals surface area contributed by atoms with Gasteiger partial charge in [0.2, 0.25) is 0 Å². The van der Waals surface area contributed by atoms with Gasteiger partial charge in [0.25, 0.3) is 0 Å². The van der Waals surface area contributed by atoms with Gasteiger partial charge in [-0.15, -0.1) is 0 Å². The highest BCUT2D eigenvalue weighted by atomic mass is 16.6. The number of aliphatic hydroxyl groups is 1. The summed E-state index contributed by atoms with van der Waals surface area (Å²) in [6.45, 7) is 8.70. The molecule has 2 aliphatic heterocycles. The maximum absolute atomic E-state index is 10.3. The summed E-state index contributed by atoms with van der Waals surface area (Å²) in [6.07, 6.45) is 12.2. The normalized spacial score (nSPS) is 62.0. The molecule has 8 unspecified atom stereocenters. The van der Waals surface area contributed by atoms with Crippen LogP contribution in [0.1, 0.15) is 78.6 Å². The van der Waals surface area contributed by atoms with Crippen LogP contribution in [0.2, 0.25) is 0 Å². The summed E-state index contributed by atoms with van der Waals surface area (Å²) >= 11 is 0. The molecule has 4 aliphatic carbocycles. The number of ether oxygens (including phenoxy) is 2. The second-order valence-corrected chi connectivity index (χ2v) is 11.8. The fraction of sp³-hybridized carbons (Fsp3) is 1.00. The van der Waals surface area contributed by atoms with Crippen molar-refractivity contribution in [2.45, 2.75) is 102 Å². The molecule has 2 heterocycles. The van der Waals surface area contributed by atoms with Crippen molar-refractivity contribution < 1.29 is 14.6 Å². The Balaban J connectivity index is 1.27. The fourth-order valence-corrected chi connectivity index (χ4v) is 9.42. The average Bonchev–Trinajstić information content (AvgIpc) is 3.51. The van der Waals surface area contributed by atoms with Crippen molar-refractivity contribution in [1.82, 2.24) is 0 Å². The minimum Gasteiger partial charge on any atom is -0.393 e. The van der Waals surface area contributed by atoms with Crippen LogP contribution < -0.4 is 0 Å². The van der Waals surface area contributed by atoms with E-state index in [-0.39, 0.29) is 11.7 Å². The molecule has 2 saturated heterocycles. The largest absolute Gasteiger partial charge is 0.393 e. The van der Waals surface area contributed by atoms with Crippen molar-refractivity contribution in [3.05, 3.63) is 0 Å². The molecular formula is C24H38O3. The molecule has 152 valence electrons. The zero-order valence-corrected chi connectivity index (χ0v) is 17.5. The van der Waals surface area contributed by atoms with Crippen LogP contribution in [0.3, 0.4) is 0 Å². The van der Waals surface area contributed by atoms with E-state index in [9.17, 15) is 5.11 Å². The summed E-state index contributed by atoms with van der Waals surface area (Å²) in [5, 5.41) is 10.3. The standard InChI is InChI=1S/C24H38O3/c1-14(10-16-13-26-16)18-4-5-19-17-11-21-24(27-21)12-15(25)6-9-23(24,3)20(17)7-8-22(18,19)2/h14-21,25H,4-13H2,1-3H3/t14-,15?,16?,17?,18?,19?,20?,21?,22+,23+,24?/m0/s1. The number of hydrogen-bond donors (Lipinski definition) is 1. The van der Waals surface area contributed by atoms with E-state index in [0.717, 1.165) is 49.0 Å². The Morgan fingerprint density at radius 2 is 1.89 bits per heavy atom. The van der Waals surface area contributed by atoms with Crippen LogP contribution in [-0.4, -0.2) is 35.6 Å². The summed E-state index contributed by atoms with van der Waals surface area (Å²) in [5.41, 5.74) is 0.885. The average molecular weight is 375 g/mol. The molecule has 0 aromatic heterocycles. The SMILES string of the molecule is C[C@@H](CC1CO1)C1CCC2C3CC4OC45CC(O)CC[C@]5(C)C3CC[C@@]21C. The van der Waals surface area contributed by atoms with Gasteiger partial charge in [0, 0.05) is 11.8 Å². The minimum absolute atomic E-state index is 0.0359. The van der Waals surface area contributed by atoms with Crippen molar-refractivity contribution in [2.24, 2.45) is 40.4 Å². The first-order chi connectivity index (χ1) is 12.9. The zero-order chi connectivity index (χ0) is 18.6. The molecular weight excluding hydrogens is 336 g/mol.